The second-order valence-electron chi connectivity index (χ2n) is 5.62. The Morgan fingerprint density at radius 2 is 1.80 bits per heavy atom. The summed E-state index contributed by atoms with van der Waals surface area (Å²) in [5.74, 6) is -0.406. The molecule has 1 unspecified atom stereocenters. The molecular weight excluding hydrogens is 254 g/mol. The highest BCUT2D eigenvalue weighted by Gasteiger charge is 2.21. The lowest BCUT2D eigenvalue weighted by atomic mass is 10.1. The molecular formula is C16H25NO3. The number of hydrogen-bond acceptors (Lipinski definition) is 3. The van der Waals surface area contributed by atoms with Crippen LogP contribution >= 0.6 is 0 Å². The molecule has 1 N–H and O–H groups in total. The molecule has 0 spiro atoms. The summed E-state index contributed by atoms with van der Waals surface area (Å²) in [7, 11) is 0. The van der Waals surface area contributed by atoms with E-state index in [2.05, 4.69) is 18.7 Å². The molecule has 112 valence electrons. The van der Waals surface area contributed by atoms with Crippen molar-refractivity contribution in [3.05, 3.63) is 24.3 Å². The van der Waals surface area contributed by atoms with Crippen LogP contribution in [0.4, 0.5) is 5.69 Å². The second kappa shape index (κ2) is 7.17. The van der Waals surface area contributed by atoms with Crippen molar-refractivity contribution in [3.63, 3.8) is 0 Å². The van der Waals surface area contributed by atoms with Crippen LogP contribution in [0.5, 0.6) is 5.75 Å². The van der Waals surface area contributed by atoms with Crippen molar-refractivity contribution >= 4 is 11.7 Å². The van der Waals surface area contributed by atoms with Crippen LogP contribution in [-0.4, -0.2) is 29.8 Å². The quantitative estimate of drug-likeness (QED) is 0.831. The highest BCUT2D eigenvalue weighted by Crippen LogP contribution is 2.31. The average Bonchev–Trinajstić information content (AvgIpc) is 2.35. The summed E-state index contributed by atoms with van der Waals surface area (Å²) in [6, 6.07) is 7.99. The van der Waals surface area contributed by atoms with E-state index >= 15 is 0 Å². The Morgan fingerprint density at radius 1 is 1.20 bits per heavy atom. The molecule has 0 saturated heterocycles. The highest BCUT2D eigenvalue weighted by molar-refractivity contribution is 5.71. The molecule has 4 nitrogen and oxygen atoms in total. The number of hydrogen-bond donors (Lipinski definition) is 1. The summed E-state index contributed by atoms with van der Waals surface area (Å²) in [5, 5.41) is 9.12. The topological polar surface area (TPSA) is 49.8 Å². The Balaban J connectivity index is 3.05. The molecule has 1 aromatic rings. The van der Waals surface area contributed by atoms with Crippen molar-refractivity contribution in [1.82, 2.24) is 0 Å². The van der Waals surface area contributed by atoms with Crippen LogP contribution in [0.25, 0.3) is 0 Å². The second-order valence-corrected chi connectivity index (χ2v) is 5.62. The molecule has 4 heteroatoms. The van der Waals surface area contributed by atoms with E-state index in [1.54, 1.807) is 6.92 Å². The number of aliphatic carboxylic acids is 1. The van der Waals surface area contributed by atoms with Crippen molar-refractivity contribution in [2.75, 3.05) is 11.4 Å². The Kier molecular flexibility index (Phi) is 5.86. The normalized spacial score (nSPS) is 12.6. The number of benzene rings is 1. The number of nitrogens with zero attached hydrogens (tertiary/aromatic N) is 1. The average molecular weight is 279 g/mol. The maximum Gasteiger partial charge on any atom is 0.308 e. The maximum absolute atomic E-state index is 11.1. The molecule has 0 heterocycles. The summed E-state index contributed by atoms with van der Waals surface area (Å²) in [5.41, 5.74) is 0.948. The maximum atomic E-state index is 11.1. The molecule has 0 saturated carbocycles. The number of ether oxygens (including phenoxy) is 1. The van der Waals surface area contributed by atoms with E-state index in [1.165, 1.54) is 0 Å². The number of anilines is 1. The first-order valence-electron chi connectivity index (χ1n) is 7.08. The van der Waals surface area contributed by atoms with Crippen molar-refractivity contribution in [2.45, 2.75) is 46.8 Å². The largest absolute Gasteiger partial charge is 0.489 e. The predicted octanol–water partition coefficient (Wildman–Crippen LogP) is 3.41. The van der Waals surface area contributed by atoms with Gasteiger partial charge in [0.1, 0.15) is 5.75 Å². The van der Waals surface area contributed by atoms with Crippen molar-refractivity contribution in [3.8, 4) is 5.75 Å². The van der Waals surface area contributed by atoms with Crippen molar-refractivity contribution < 1.29 is 14.6 Å². The summed E-state index contributed by atoms with van der Waals surface area (Å²) >= 11 is 0. The van der Waals surface area contributed by atoms with Crippen LogP contribution in [0.15, 0.2) is 24.3 Å². The Hall–Kier alpha value is -1.71. The lowest BCUT2D eigenvalue weighted by molar-refractivity contribution is -0.140. The van der Waals surface area contributed by atoms with Gasteiger partial charge in [-0.1, -0.05) is 19.1 Å². The zero-order chi connectivity index (χ0) is 15.3. The molecule has 0 aromatic heterocycles. The van der Waals surface area contributed by atoms with Gasteiger partial charge in [0.2, 0.25) is 0 Å². The van der Waals surface area contributed by atoms with Gasteiger partial charge >= 0.3 is 5.97 Å². The van der Waals surface area contributed by atoms with Crippen LogP contribution in [-0.2, 0) is 4.79 Å². The van der Waals surface area contributed by atoms with Gasteiger partial charge in [-0.05, 0) is 39.8 Å². The van der Waals surface area contributed by atoms with Gasteiger partial charge in [-0.3, -0.25) is 4.79 Å². The third kappa shape index (κ3) is 4.44. The highest BCUT2D eigenvalue weighted by atomic mass is 16.5. The fourth-order valence-electron chi connectivity index (χ4n) is 2.01. The zero-order valence-corrected chi connectivity index (χ0v) is 13.0. The minimum atomic E-state index is -0.780. The van der Waals surface area contributed by atoms with Crippen LogP contribution in [0, 0.1) is 5.92 Å². The number of carboxylic acid groups (broad SMARTS) is 1. The van der Waals surface area contributed by atoms with Gasteiger partial charge in [-0.25, -0.2) is 0 Å². The third-order valence-corrected chi connectivity index (χ3v) is 3.05. The van der Waals surface area contributed by atoms with Gasteiger partial charge in [0.25, 0.3) is 0 Å². The van der Waals surface area contributed by atoms with Crippen LogP contribution < -0.4 is 9.64 Å². The van der Waals surface area contributed by atoms with Gasteiger partial charge in [-0.15, -0.1) is 0 Å². The van der Waals surface area contributed by atoms with Gasteiger partial charge < -0.3 is 14.7 Å². The number of carbonyl (C=O) groups is 1. The number of para-hydroxylation sites is 2. The first-order chi connectivity index (χ1) is 9.32. The third-order valence-electron chi connectivity index (χ3n) is 3.05. The molecule has 1 rings (SSSR count). The lowest BCUT2D eigenvalue weighted by Gasteiger charge is -2.32. The summed E-state index contributed by atoms with van der Waals surface area (Å²) in [4.78, 5) is 13.2. The van der Waals surface area contributed by atoms with E-state index in [1.807, 2.05) is 38.1 Å². The van der Waals surface area contributed by atoms with E-state index in [0.29, 0.717) is 6.54 Å². The molecule has 1 aromatic carbocycles. The van der Waals surface area contributed by atoms with Gasteiger partial charge in [0, 0.05) is 12.6 Å². The molecule has 0 aliphatic heterocycles. The summed E-state index contributed by atoms with van der Waals surface area (Å²) in [6.07, 6.45) is 0.0852. The minimum Gasteiger partial charge on any atom is -0.489 e. The van der Waals surface area contributed by atoms with E-state index in [-0.39, 0.29) is 12.1 Å². The zero-order valence-electron chi connectivity index (χ0n) is 13.0. The summed E-state index contributed by atoms with van der Waals surface area (Å²) in [6.45, 7) is 10.3. The standard InChI is InChI=1S/C16H25NO3/c1-11(2)17(10-13(5)16(18)19)14-8-6-7-9-15(14)20-12(3)4/h6-9,11-13H,10H2,1-5H3,(H,18,19). The molecule has 0 aliphatic rings. The number of rotatable bonds is 7. The smallest absolute Gasteiger partial charge is 0.308 e. The minimum absolute atomic E-state index is 0.0852. The van der Waals surface area contributed by atoms with Crippen LogP contribution in [0.3, 0.4) is 0 Å². The van der Waals surface area contributed by atoms with Gasteiger partial charge in [0.05, 0.1) is 17.7 Å². The Morgan fingerprint density at radius 3 is 2.30 bits per heavy atom. The molecule has 0 bridgehead atoms. The SMILES string of the molecule is CC(C)Oc1ccccc1N(CC(C)C(=O)O)C(C)C. The lowest BCUT2D eigenvalue weighted by Crippen LogP contribution is -2.37. The van der Waals surface area contributed by atoms with Gasteiger partial charge in [-0.2, -0.15) is 0 Å². The molecule has 0 aliphatic carbocycles. The Bertz CT molecular complexity index is 443. The van der Waals surface area contributed by atoms with Crippen molar-refractivity contribution in [1.29, 1.82) is 0 Å². The molecule has 1 atom stereocenters. The molecule has 20 heavy (non-hydrogen) atoms. The summed E-state index contributed by atoms with van der Waals surface area (Å²) < 4.78 is 5.83. The van der Waals surface area contributed by atoms with E-state index in [0.717, 1.165) is 11.4 Å². The monoisotopic (exact) mass is 279 g/mol. The molecule has 0 amide bonds. The van der Waals surface area contributed by atoms with E-state index < -0.39 is 11.9 Å². The first kappa shape index (κ1) is 16.3. The number of carboxylic acids is 1. The van der Waals surface area contributed by atoms with E-state index in [4.69, 9.17) is 9.84 Å². The fraction of sp³-hybridized carbons (Fsp3) is 0.562. The van der Waals surface area contributed by atoms with Crippen LogP contribution in [0.1, 0.15) is 34.6 Å². The fourth-order valence-corrected chi connectivity index (χ4v) is 2.01. The van der Waals surface area contributed by atoms with E-state index in [9.17, 15) is 4.79 Å². The first-order valence-corrected chi connectivity index (χ1v) is 7.08. The van der Waals surface area contributed by atoms with Gasteiger partial charge in [0.15, 0.2) is 0 Å². The molecule has 0 fully saturated rings. The Labute approximate surface area is 121 Å². The predicted molar refractivity (Wildman–Crippen MR) is 81.5 cm³/mol. The van der Waals surface area contributed by atoms with Crippen LogP contribution in [0.2, 0.25) is 0 Å². The van der Waals surface area contributed by atoms with Crippen molar-refractivity contribution in [2.24, 2.45) is 5.92 Å². The molecule has 0 radical (unpaired) electrons.